The molecule has 6 heteroatoms. The van der Waals surface area contributed by atoms with Crippen molar-refractivity contribution in [3.63, 3.8) is 0 Å². The fraction of sp³-hybridized carbons (Fsp3) is 0.154. The second-order valence-electron chi connectivity index (χ2n) is 3.82. The first-order valence-electron chi connectivity index (χ1n) is 5.64. The molecule has 1 aromatic heterocycles. The van der Waals surface area contributed by atoms with E-state index in [2.05, 4.69) is 5.43 Å². The quantitative estimate of drug-likeness (QED) is 0.335. The molecule has 2 rings (SSSR count). The summed E-state index contributed by atoms with van der Waals surface area (Å²) in [6, 6.07) is 9.15. The zero-order valence-electron chi connectivity index (χ0n) is 10.1. The van der Waals surface area contributed by atoms with Gasteiger partial charge >= 0.3 is 0 Å². The molecule has 0 spiro atoms. The van der Waals surface area contributed by atoms with Crippen LogP contribution in [0.3, 0.4) is 0 Å². The van der Waals surface area contributed by atoms with Crippen molar-refractivity contribution in [3.05, 3.63) is 53.5 Å². The van der Waals surface area contributed by atoms with Gasteiger partial charge in [-0.3, -0.25) is 10.2 Å². The van der Waals surface area contributed by atoms with E-state index in [1.165, 1.54) is 6.26 Å². The number of hydrogen-bond acceptors (Lipinski definition) is 5. The monoisotopic (exact) mass is 278 g/mol. The van der Waals surface area contributed by atoms with Crippen LogP contribution in [-0.2, 0) is 12.4 Å². The average molecular weight is 278 g/mol. The molecule has 0 bridgehead atoms. The third-order valence-corrected chi connectivity index (χ3v) is 3.61. The molecule has 5 nitrogen and oxygen atoms in total. The normalized spacial score (nSPS) is 10.4. The first kappa shape index (κ1) is 13.7. The van der Waals surface area contributed by atoms with Gasteiger partial charge in [0.15, 0.2) is 0 Å². The Balaban J connectivity index is 2.02. The summed E-state index contributed by atoms with van der Waals surface area (Å²) in [5.41, 5.74) is 3.40. The number of furan rings is 1. The third-order valence-electron chi connectivity index (χ3n) is 2.60. The highest BCUT2D eigenvalue weighted by Gasteiger charge is 2.13. The number of aliphatic hydroxyl groups is 1. The second-order valence-corrected chi connectivity index (χ2v) is 4.87. The number of hydrogen-bond donors (Lipinski definition) is 3. The van der Waals surface area contributed by atoms with Crippen LogP contribution in [0.25, 0.3) is 0 Å². The van der Waals surface area contributed by atoms with Crippen LogP contribution in [0.2, 0.25) is 0 Å². The minimum Gasteiger partial charge on any atom is -0.468 e. The van der Waals surface area contributed by atoms with Crippen molar-refractivity contribution in [2.75, 3.05) is 0 Å². The van der Waals surface area contributed by atoms with E-state index in [0.29, 0.717) is 17.1 Å². The minimum atomic E-state index is -0.361. The van der Waals surface area contributed by atoms with E-state index in [0.717, 1.165) is 10.5 Å². The molecule has 0 atom stereocenters. The van der Waals surface area contributed by atoms with Crippen LogP contribution in [0.15, 0.2) is 45.9 Å². The largest absolute Gasteiger partial charge is 0.468 e. The zero-order valence-corrected chi connectivity index (χ0v) is 10.9. The average Bonchev–Trinajstić information content (AvgIpc) is 2.93. The van der Waals surface area contributed by atoms with Crippen molar-refractivity contribution in [2.24, 2.45) is 5.84 Å². The fourth-order valence-corrected chi connectivity index (χ4v) is 2.42. The van der Waals surface area contributed by atoms with Gasteiger partial charge in [0.1, 0.15) is 5.76 Å². The van der Waals surface area contributed by atoms with E-state index >= 15 is 0 Å². The molecule has 1 aromatic carbocycles. The first-order chi connectivity index (χ1) is 9.24. The van der Waals surface area contributed by atoms with Crippen LogP contribution < -0.4 is 11.3 Å². The van der Waals surface area contributed by atoms with Crippen molar-refractivity contribution >= 4 is 17.7 Å². The van der Waals surface area contributed by atoms with Gasteiger partial charge in [-0.1, -0.05) is 12.1 Å². The van der Waals surface area contributed by atoms with Crippen LogP contribution in [0.4, 0.5) is 0 Å². The summed E-state index contributed by atoms with van der Waals surface area (Å²) in [5.74, 6) is 5.86. The molecule has 0 aliphatic heterocycles. The number of carbonyl (C=O) groups excluding carboxylic acids is 1. The number of nitrogens with two attached hydrogens (primary N) is 1. The summed E-state index contributed by atoms with van der Waals surface area (Å²) in [6.45, 7) is 0.0317. The Labute approximate surface area is 114 Å². The summed E-state index contributed by atoms with van der Waals surface area (Å²) in [7, 11) is 0. The molecule has 0 aliphatic rings. The maximum Gasteiger partial charge on any atom is 0.268 e. The van der Waals surface area contributed by atoms with Gasteiger partial charge in [0, 0.05) is 4.90 Å². The molecule has 0 fully saturated rings. The maximum atomic E-state index is 11.5. The molecule has 0 aliphatic carbocycles. The highest BCUT2D eigenvalue weighted by Crippen LogP contribution is 2.25. The maximum absolute atomic E-state index is 11.5. The molecule has 0 saturated heterocycles. The first-order valence-corrected chi connectivity index (χ1v) is 6.63. The number of nitrogens with one attached hydrogen (secondary N) is 1. The van der Waals surface area contributed by atoms with Crippen LogP contribution in [0.1, 0.15) is 21.7 Å². The van der Waals surface area contributed by atoms with Gasteiger partial charge in [-0.15, -0.1) is 11.8 Å². The van der Waals surface area contributed by atoms with Crippen LogP contribution >= 0.6 is 11.8 Å². The summed E-state index contributed by atoms with van der Waals surface area (Å²) in [4.78, 5) is 12.5. The highest BCUT2D eigenvalue weighted by molar-refractivity contribution is 7.98. The van der Waals surface area contributed by atoms with E-state index in [4.69, 9.17) is 15.4 Å². The Morgan fingerprint density at radius 3 is 2.68 bits per heavy atom. The molecular weight excluding hydrogens is 264 g/mol. The molecule has 0 radical (unpaired) electrons. The highest BCUT2D eigenvalue weighted by atomic mass is 32.2. The number of rotatable bonds is 5. The van der Waals surface area contributed by atoms with Crippen molar-refractivity contribution in [2.45, 2.75) is 17.3 Å². The van der Waals surface area contributed by atoms with E-state index in [-0.39, 0.29) is 12.5 Å². The topological polar surface area (TPSA) is 88.5 Å². The Morgan fingerprint density at radius 1 is 1.32 bits per heavy atom. The van der Waals surface area contributed by atoms with Gasteiger partial charge in [0.05, 0.1) is 24.2 Å². The van der Waals surface area contributed by atoms with Gasteiger partial charge in [-0.2, -0.15) is 0 Å². The minimum absolute atomic E-state index is 0.0317. The van der Waals surface area contributed by atoms with Gasteiger partial charge in [-0.05, 0) is 23.8 Å². The van der Waals surface area contributed by atoms with Crippen LogP contribution in [0.5, 0.6) is 0 Å². The number of hydrazine groups is 1. The molecular formula is C13H14N2O3S. The lowest BCUT2D eigenvalue weighted by atomic mass is 10.2. The second kappa shape index (κ2) is 6.42. The molecule has 0 unspecified atom stereocenters. The molecule has 0 saturated carbocycles. The summed E-state index contributed by atoms with van der Waals surface area (Å²) < 4.78 is 5.28. The molecule has 4 N–H and O–H groups in total. The van der Waals surface area contributed by atoms with Crippen LogP contribution in [0, 0.1) is 0 Å². The SMILES string of the molecule is NNC(=O)c1ccoc1CSc1ccc(CO)cc1. The number of amides is 1. The van der Waals surface area contributed by atoms with E-state index in [1.807, 2.05) is 24.3 Å². The molecule has 100 valence electrons. The number of benzene rings is 1. The Hall–Kier alpha value is -1.76. The van der Waals surface area contributed by atoms with Crippen molar-refractivity contribution in [1.29, 1.82) is 0 Å². The van der Waals surface area contributed by atoms with Crippen molar-refractivity contribution in [1.82, 2.24) is 5.43 Å². The number of aliphatic hydroxyl groups excluding tert-OH is 1. The smallest absolute Gasteiger partial charge is 0.268 e. The van der Waals surface area contributed by atoms with E-state index < -0.39 is 0 Å². The van der Waals surface area contributed by atoms with Gasteiger partial charge in [-0.25, -0.2) is 5.84 Å². The summed E-state index contributed by atoms with van der Waals surface area (Å²) in [6.07, 6.45) is 1.47. The predicted molar refractivity (Wildman–Crippen MR) is 72.3 cm³/mol. The zero-order chi connectivity index (χ0) is 13.7. The van der Waals surface area contributed by atoms with Crippen molar-refractivity contribution < 1.29 is 14.3 Å². The molecule has 1 heterocycles. The van der Waals surface area contributed by atoms with E-state index in [9.17, 15) is 4.79 Å². The summed E-state index contributed by atoms with van der Waals surface area (Å²) in [5, 5.41) is 8.96. The Kier molecular flexibility index (Phi) is 4.62. The van der Waals surface area contributed by atoms with E-state index in [1.54, 1.807) is 17.8 Å². The standard InChI is InChI=1S/C13H14N2O3S/c14-15-13(17)11-5-6-18-12(11)8-19-10-3-1-9(7-16)2-4-10/h1-6,16H,7-8,14H2,(H,15,17). The lowest BCUT2D eigenvalue weighted by Gasteiger charge is -2.03. The number of carbonyl (C=O) groups is 1. The molecule has 1 amide bonds. The van der Waals surface area contributed by atoms with Gasteiger partial charge in [0.2, 0.25) is 0 Å². The molecule has 19 heavy (non-hydrogen) atoms. The Morgan fingerprint density at radius 2 is 2.05 bits per heavy atom. The van der Waals surface area contributed by atoms with Gasteiger partial charge < -0.3 is 9.52 Å². The molecule has 2 aromatic rings. The fourth-order valence-electron chi connectivity index (χ4n) is 1.57. The summed E-state index contributed by atoms with van der Waals surface area (Å²) >= 11 is 1.54. The third kappa shape index (κ3) is 3.37. The Bertz CT molecular complexity index is 551. The van der Waals surface area contributed by atoms with Crippen molar-refractivity contribution in [3.8, 4) is 0 Å². The van der Waals surface area contributed by atoms with Crippen LogP contribution in [-0.4, -0.2) is 11.0 Å². The van der Waals surface area contributed by atoms with Gasteiger partial charge in [0.25, 0.3) is 5.91 Å². The predicted octanol–water partition coefficient (Wildman–Crippen LogP) is 1.67. The lowest BCUT2D eigenvalue weighted by molar-refractivity contribution is 0.0952. The lowest BCUT2D eigenvalue weighted by Crippen LogP contribution is -2.30. The number of thioether (sulfide) groups is 1. The number of nitrogen functional groups attached to an aromatic ring is 1.